The Morgan fingerprint density at radius 1 is 1.43 bits per heavy atom. The molecule has 0 aliphatic carbocycles. The lowest BCUT2D eigenvalue weighted by Crippen LogP contribution is -1.85. The summed E-state index contributed by atoms with van der Waals surface area (Å²) in [6, 6.07) is 6.33. The third-order valence-electron chi connectivity index (χ3n) is 1.92. The van der Waals surface area contributed by atoms with Crippen LogP contribution in [0.25, 0.3) is 11.3 Å². The normalized spacial score (nSPS) is 10.5. The number of hydrogen-bond donors (Lipinski definition) is 1. The summed E-state index contributed by atoms with van der Waals surface area (Å²) in [5.41, 5.74) is 1.75. The summed E-state index contributed by atoms with van der Waals surface area (Å²) in [4.78, 5) is 0. The molecular weight excluding hydrogens is 203 g/mol. The number of nitrogens with zero attached hydrogens (tertiary/aromatic N) is 1. The number of aromatic nitrogens is 2. The Bertz CT molecular complexity index is 445. The molecule has 1 heterocycles. The highest BCUT2D eigenvalue weighted by Gasteiger charge is 2.11. The zero-order chi connectivity index (χ0) is 10.1. The topological polar surface area (TPSA) is 28.7 Å². The first-order valence-electron chi connectivity index (χ1n) is 4.15. The van der Waals surface area contributed by atoms with Crippen LogP contribution in [0.4, 0.5) is 4.39 Å². The van der Waals surface area contributed by atoms with Crippen molar-refractivity contribution in [3.63, 3.8) is 0 Å². The molecule has 4 heteroatoms. The highest BCUT2D eigenvalue weighted by atomic mass is 35.5. The number of rotatable bonds is 1. The van der Waals surface area contributed by atoms with Gasteiger partial charge in [-0.2, -0.15) is 5.10 Å². The summed E-state index contributed by atoms with van der Waals surface area (Å²) < 4.78 is 13.4. The van der Waals surface area contributed by atoms with Gasteiger partial charge in [-0.05, 0) is 25.1 Å². The fraction of sp³-hybridized carbons (Fsp3) is 0.100. The maximum Gasteiger partial charge on any atom is 0.134 e. The van der Waals surface area contributed by atoms with Gasteiger partial charge in [0.15, 0.2) is 0 Å². The van der Waals surface area contributed by atoms with Crippen LogP contribution in [-0.4, -0.2) is 10.2 Å². The Labute approximate surface area is 85.7 Å². The highest BCUT2D eigenvalue weighted by Crippen LogP contribution is 2.29. The third kappa shape index (κ3) is 1.51. The molecule has 2 aromatic rings. The van der Waals surface area contributed by atoms with Gasteiger partial charge in [0.05, 0.1) is 16.3 Å². The zero-order valence-corrected chi connectivity index (χ0v) is 8.27. The number of aryl methyl sites for hydroxylation is 1. The molecule has 0 unspecified atom stereocenters. The van der Waals surface area contributed by atoms with Crippen molar-refractivity contribution in [1.82, 2.24) is 10.2 Å². The molecule has 0 amide bonds. The molecule has 0 spiro atoms. The van der Waals surface area contributed by atoms with Crippen molar-refractivity contribution in [2.75, 3.05) is 0 Å². The first-order valence-corrected chi connectivity index (χ1v) is 4.52. The molecule has 2 rings (SSSR count). The molecule has 1 aromatic heterocycles. The van der Waals surface area contributed by atoms with E-state index in [2.05, 4.69) is 10.2 Å². The second-order valence-corrected chi connectivity index (χ2v) is 3.44. The monoisotopic (exact) mass is 210 g/mol. The van der Waals surface area contributed by atoms with E-state index in [1.54, 1.807) is 18.2 Å². The number of aromatic amines is 1. The molecular formula is C10H8ClFN2. The number of hydrogen-bond acceptors (Lipinski definition) is 1. The molecule has 0 aliphatic heterocycles. The molecule has 72 valence electrons. The minimum atomic E-state index is -0.357. The molecule has 2 nitrogen and oxygen atoms in total. The van der Waals surface area contributed by atoms with Gasteiger partial charge in [-0.1, -0.05) is 17.7 Å². The summed E-state index contributed by atoms with van der Waals surface area (Å²) in [5, 5.41) is 7.08. The standard InChI is InChI=1S/C10H8ClFN2/c1-6-5-9(14-13-6)10-7(11)3-2-4-8(10)12/h2-5H,1H3,(H,13,14). The summed E-state index contributed by atoms with van der Waals surface area (Å²) >= 11 is 5.88. The average molecular weight is 211 g/mol. The minimum absolute atomic E-state index is 0.346. The van der Waals surface area contributed by atoms with Gasteiger partial charge in [0, 0.05) is 5.69 Å². The second-order valence-electron chi connectivity index (χ2n) is 3.03. The largest absolute Gasteiger partial charge is 0.282 e. The zero-order valence-electron chi connectivity index (χ0n) is 7.51. The predicted octanol–water partition coefficient (Wildman–Crippen LogP) is 3.18. The van der Waals surface area contributed by atoms with Gasteiger partial charge in [-0.3, -0.25) is 5.10 Å². The van der Waals surface area contributed by atoms with Crippen molar-refractivity contribution in [2.45, 2.75) is 6.92 Å². The molecule has 0 saturated carbocycles. The molecule has 0 atom stereocenters. The predicted molar refractivity (Wildman–Crippen MR) is 53.7 cm³/mol. The lowest BCUT2D eigenvalue weighted by atomic mass is 10.1. The molecule has 0 bridgehead atoms. The molecule has 1 aromatic carbocycles. The van der Waals surface area contributed by atoms with Gasteiger partial charge in [0.1, 0.15) is 5.82 Å². The molecule has 14 heavy (non-hydrogen) atoms. The van der Waals surface area contributed by atoms with E-state index in [4.69, 9.17) is 11.6 Å². The molecule has 0 fully saturated rings. The number of H-pyrrole nitrogens is 1. The maximum absolute atomic E-state index is 13.4. The van der Waals surface area contributed by atoms with Crippen LogP contribution in [0.1, 0.15) is 5.69 Å². The van der Waals surface area contributed by atoms with Gasteiger partial charge < -0.3 is 0 Å². The summed E-state index contributed by atoms with van der Waals surface area (Å²) in [5.74, 6) is -0.357. The smallest absolute Gasteiger partial charge is 0.134 e. The van der Waals surface area contributed by atoms with E-state index in [1.807, 2.05) is 6.92 Å². The van der Waals surface area contributed by atoms with Crippen LogP contribution < -0.4 is 0 Å². The van der Waals surface area contributed by atoms with E-state index in [0.717, 1.165) is 5.69 Å². The van der Waals surface area contributed by atoms with Gasteiger partial charge in [0.2, 0.25) is 0 Å². The van der Waals surface area contributed by atoms with Crippen molar-refractivity contribution in [1.29, 1.82) is 0 Å². The van der Waals surface area contributed by atoms with Crippen LogP contribution in [0.2, 0.25) is 5.02 Å². The van der Waals surface area contributed by atoms with Crippen LogP contribution in [0.5, 0.6) is 0 Å². The molecule has 0 radical (unpaired) electrons. The van der Waals surface area contributed by atoms with Gasteiger partial charge >= 0.3 is 0 Å². The van der Waals surface area contributed by atoms with E-state index in [0.29, 0.717) is 16.3 Å². The van der Waals surface area contributed by atoms with Crippen molar-refractivity contribution in [3.05, 3.63) is 40.8 Å². The van der Waals surface area contributed by atoms with E-state index < -0.39 is 0 Å². The van der Waals surface area contributed by atoms with E-state index in [1.165, 1.54) is 6.07 Å². The lowest BCUT2D eigenvalue weighted by Gasteiger charge is -2.00. The Balaban J connectivity index is 2.61. The summed E-state index contributed by atoms with van der Waals surface area (Å²) in [6.45, 7) is 1.85. The first-order chi connectivity index (χ1) is 6.68. The fourth-order valence-corrected chi connectivity index (χ4v) is 1.55. The van der Waals surface area contributed by atoms with Gasteiger partial charge in [0.25, 0.3) is 0 Å². The first kappa shape index (κ1) is 9.21. The Kier molecular flexibility index (Phi) is 2.25. The van der Waals surface area contributed by atoms with Crippen LogP contribution in [0.3, 0.4) is 0 Å². The summed E-state index contributed by atoms with van der Waals surface area (Å²) in [7, 11) is 0. The van der Waals surface area contributed by atoms with Crippen molar-refractivity contribution in [3.8, 4) is 11.3 Å². The summed E-state index contributed by atoms with van der Waals surface area (Å²) in [6.07, 6.45) is 0. The van der Waals surface area contributed by atoms with Gasteiger partial charge in [-0.15, -0.1) is 0 Å². The van der Waals surface area contributed by atoms with Crippen molar-refractivity contribution >= 4 is 11.6 Å². The number of halogens is 2. The van der Waals surface area contributed by atoms with E-state index in [9.17, 15) is 4.39 Å². The third-order valence-corrected chi connectivity index (χ3v) is 2.24. The Hall–Kier alpha value is -1.35. The number of nitrogens with one attached hydrogen (secondary N) is 1. The van der Waals surface area contributed by atoms with E-state index >= 15 is 0 Å². The molecule has 0 aliphatic rings. The molecule has 0 saturated heterocycles. The maximum atomic E-state index is 13.4. The van der Waals surface area contributed by atoms with Crippen molar-refractivity contribution < 1.29 is 4.39 Å². The Morgan fingerprint density at radius 2 is 2.21 bits per heavy atom. The van der Waals surface area contributed by atoms with Crippen molar-refractivity contribution in [2.24, 2.45) is 0 Å². The lowest BCUT2D eigenvalue weighted by molar-refractivity contribution is 0.630. The van der Waals surface area contributed by atoms with Crippen LogP contribution >= 0.6 is 11.6 Å². The van der Waals surface area contributed by atoms with Crippen LogP contribution in [0.15, 0.2) is 24.3 Å². The molecule has 1 N–H and O–H groups in total. The minimum Gasteiger partial charge on any atom is -0.282 e. The van der Waals surface area contributed by atoms with E-state index in [-0.39, 0.29) is 5.82 Å². The highest BCUT2D eigenvalue weighted by molar-refractivity contribution is 6.33. The number of benzene rings is 1. The van der Waals surface area contributed by atoms with Crippen LogP contribution in [0, 0.1) is 12.7 Å². The fourth-order valence-electron chi connectivity index (χ4n) is 1.29. The Morgan fingerprint density at radius 3 is 2.79 bits per heavy atom. The quantitative estimate of drug-likeness (QED) is 0.770. The average Bonchev–Trinajstić information content (AvgIpc) is 2.51. The second kappa shape index (κ2) is 3.42. The van der Waals surface area contributed by atoms with Gasteiger partial charge in [-0.25, -0.2) is 4.39 Å². The van der Waals surface area contributed by atoms with Crippen LogP contribution in [-0.2, 0) is 0 Å². The SMILES string of the molecule is Cc1cc(-c2c(F)cccc2Cl)n[nH]1.